The van der Waals surface area contributed by atoms with Crippen LogP contribution in [0.15, 0.2) is 42.5 Å². The lowest BCUT2D eigenvalue weighted by Crippen LogP contribution is -2.23. The van der Waals surface area contributed by atoms with Crippen LogP contribution in [0.2, 0.25) is 0 Å². The van der Waals surface area contributed by atoms with Crippen LogP contribution in [0, 0.1) is 5.92 Å². The Morgan fingerprint density at radius 3 is 2.48 bits per heavy atom. The van der Waals surface area contributed by atoms with E-state index in [2.05, 4.69) is 42.5 Å². The van der Waals surface area contributed by atoms with Crippen molar-refractivity contribution in [2.75, 3.05) is 0 Å². The summed E-state index contributed by atoms with van der Waals surface area (Å²) >= 11 is 0. The molecule has 2 N–H and O–H groups in total. The Hall–Kier alpha value is -1.60. The van der Waals surface area contributed by atoms with E-state index in [0.717, 1.165) is 6.42 Å². The average Bonchev–Trinajstić information content (AvgIpc) is 2.93. The third kappa shape index (κ3) is 2.30. The second-order valence-electron chi connectivity index (χ2n) is 6.67. The normalized spacial score (nSPS) is 19.1. The van der Waals surface area contributed by atoms with Gasteiger partial charge in [-0.15, -0.1) is 0 Å². The predicted molar refractivity (Wildman–Crippen MR) is 88.2 cm³/mol. The molecule has 0 heterocycles. The zero-order valence-electron chi connectivity index (χ0n) is 12.5. The maximum atomic E-state index is 6.58. The molecule has 108 valence electrons. The molecule has 1 atom stereocenters. The Morgan fingerprint density at radius 1 is 0.857 bits per heavy atom. The van der Waals surface area contributed by atoms with E-state index in [1.165, 1.54) is 59.9 Å². The quantitative estimate of drug-likeness (QED) is 0.712. The van der Waals surface area contributed by atoms with Crippen LogP contribution in [-0.2, 0) is 6.42 Å². The second-order valence-corrected chi connectivity index (χ2v) is 6.67. The fourth-order valence-electron chi connectivity index (χ4n) is 4.11. The molecule has 2 aliphatic carbocycles. The van der Waals surface area contributed by atoms with Gasteiger partial charge in [-0.1, -0.05) is 55.7 Å². The number of nitrogens with two attached hydrogens (primary N) is 1. The largest absolute Gasteiger partial charge is 0.324 e. The number of hydrogen-bond donors (Lipinski definition) is 1. The van der Waals surface area contributed by atoms with E-state index in [1.54, 1.807) is 0 Å². The van der Waals surface area contributed by atoms with Crippen molar-refractivity contribution in [3.05, 3.63) is 59.2 Å². The Morgan fingerprint density at radius 2 is 1.62 bits per heavy atom. The van der Waals surface area contributed by atoms with Gasteiger partial charge in [-0.2, -0.15) is 0 Å². The molecule has 0 aromatic heterocycles. The van der Waals surface area contributed by atoms with Crippen molar-refractivity contribution in [1.82, 2.24) is 0 Å². The molecule has 21 heavy (non-hydrogen) atoms. The molecule has 1 saturated carbocycles. The van der Waals surface area contributed by atoms with E-state index in [-0.39, 0.29) is 6.04 Å². The average molecular weight is 277 g/mol. The summed E-state index contributed by atoms with van der Waals surface area (Å²) in [6.07, 6.45) is 7.77. The molecule has 1 unspecified atom stereocenters. The van der Waals surface area contributed by atoms with Crippen LogP contribution in [0.1, 0.15) is 54.8 Å². The molecule has 4 rings (SSSR count). The van der Waals surface area contributed by atoms with Crippen LogP contribution in [-0.4, -0.2) is 0 Å². The molecule has 0 radical (unpaired) electrons. The standard InChI is InChI=1S/C20H23N/c21-20(14-6-2-1-3-7-14)17-11-10-16-12-15-8-4-5-9-18(15)19(16)13-17/h4-5,8-11,13-14,20H,1-3,6-7,12,21H2. The van der Waals surface area contributed by atoms with Crippen molar-refractivity contribution in [2.24, 2.45) is 11.7 Å². The smallest absolute Gasteiger partial charge is 0.0323 e. The van der Waals surface area contributed by atoms with Gasteiger partial charge in [-0.05, 0) is 59.1 Å². The molecular weight excluding hydrogens is 254 g/mol. The summed E-state index contributed by atoms with van der Waals surface area (Å²) in [5.41, 5.74) is 13.6. The minimum Gasteiger partial charge on any atom is -0.324 e. The summed E-state index contributed by atoms with van der Waals surface area (Å²) in [4.78, 5) is 0. The number of fused-ring (bicyclic) bond motifs is 3. The molecular formula is C20H23N. The minimum absolute atomic E-state index is 0.211. The van der Waals surface area contributed by atoms with Crippen molar-refractivity contribution in [3.63, 3.8) is 0 Å². The SMILES string of the molecule is NC(c1ccc2c(c1)-c1ccccc1C2)C1CCCCC1. The van der Waals surface area contributed by atoms with Crippen LogP contribution in [0.25, 0.3) is 11.1 Å². The van der Waals surface area contributed by atoms with Crippen LogP contribution in [0.3, 0.4) is 0 Å². The van der Waals surface area contributed by atoms with E-state index in [1.807, 2.05) is 0 Å². The van der Waals surface area contributed by atoms with E-state index < -0.39 is 0 Å². The van der Waals surface area contributed by atoms with Crippen molar-refractivity contribution >= 4 is 0 Å². The highest BCUT2D eigenvalue weighted by atomic mass is 14.7. The highest BCUT2D eigenvalue weighted by molar-refractivity contribution is 5.77. The topological polar surface area (TPSA) is 26.0 Å². The van der Waals surface area contributed by atoms with Crippen LogP contribution < -0.4 is 5.73 Å². The number of rotatable bonds is 2. The van der Waals surface area contributed by atoms with Gasteiger partial charge in [0.25, 0.3) is 0 Å². The maximum Gasteiger partial charge on any atom is 0.0323 e. The molecule has 0 aliphatic heterocycles. The van der Waals surface area contributed by atoms with Gasteiger partial charge in [-0.3, -0.25) is 0 Å². The minimum atomic E-state index is 0.211. The monoisotopic (exact) mass is 277 g/mol. The Balaban J connectivity index is 1.67. The lowest BCUT2D eigenvalue weighted by Gasteiger charge is -2.28. The molecule has 1 heteroatoms. The first kappa shape index (κ1) is 13.1. The van der Waals surface area contributed by atoms with Gasteiger partial charge in [0.1, 0.15) is 0 Å². The summed E-state index contributed by atoms with van der Waals surface area (Å²) in [5.74, 6) is 0.674. The third-order valence-corrected chi connectivity index (χ3v) is 5.36. The second kappa shape index (κ2) is 5.31. The molecule has 2 aliphatic rings. The summed E-state index contributed by atoms with van der Waals surface area (Å²) < 4.78 is 0. The van der Waals surface area contributed by atoms with Gasteiger partial charge < -0.3 is 5.73 Å². The van der Waals surface area contributed by atoms with E-state index >= 15 is 0 Å². The fraction of sp³-hybridized carbons (Fsp3) is 0.400. The van der Waals surface area contributed by atoms with Gasteiger partial charge in [0.2, 0.25) is 0 Å². The van der Waals surface area contributed by atoms with Gasteiger partial charge in [0, 0.05) is 6.04 Å². The number of benzene rings is 2. The lowest BCUT2D eigenvalue weighted by molar-refractivity contribution is 0.308. The fourth-order valence-corrected chi connectivity index (χ4v) is 4.11. The van der Waals surface area contributed by atoms with Gasteiger partial charge in [0.05, 0.1) is 0 Å². The first-order valence-electron chi connectivity index (χ1n) is 8.29. The van der Waals surface area contributed by atoms with Crippen molar-refractivity contribution < 1.29 is 0 Å². The highest BCUT2D eigenvalue weighted by Crippen LogP contribution is 2.39. The van der Waals surface area contributed by atoms with Gasteiger partial charge in [0.15, 0.2) is 0 Å². The molecule has 0 amide bonds. The maximum absolute atomic E-state index is 6.58. The molecule has 2 aromatic rings. The lowest BCUT2D eigenvalue weighted by atomic mass is 9.81. The molecule has 0 saturated heterocycles. The van der Waals surface area contributed by atoms with Crippen molar-refractivity contribution in [3.8, 4) is 11.1 Å². The predicted octanol–water partition coefficient (Wildman–Crippen LogP) is 4.84. The summed E-state index contributed by atoms with van der Waals surface area (Å²) in [5, 5.41) is 0. The summed E-state index contributed by atoms with van der Waals surface area (Å²) in [6, 6.07) is 15.9. The number of hydrogen-bond acceptors (Lipinski definition) is 1. The Labute approximate surface area is 127 Å². The molecule has 0 spiro atoms. The van der Waals surface area contributed by atoms with Crippen molar-refractivity contribution in [2.45, 2.75) is 44.6 Å². The Bertz CT molecular complexity index is 653. The summed E-state index contributed by atoms with van der Waals surface area (Å²) in [6.45, 7) is 0. The summed E-state index contributed by atoms with van der Waals surface area (Å²) in [7, 11) is 0. The first-order chi connectivity index (χ1) is 10.3. The molecule has 0 bridgehead atoms. The third-order valence-electron chi connectivity index (χ3n) is 5.36. The van der Waals surface area contributed by atoms with Crippen LogP contribution in [0.5, 0.6) is 0 Å². The zero-order valence-corrected chi connectivity index (χ0v) is 12.5. The van der Waals surface area contributed by atoms with E-state index in [9.17, 15) is 0 Å². The van der Waals surface area contributed by atoms with E-state index in [0.29, 0.717) is 5.92 Å². The molecule has 1 nitrogen and oxygen atoms in total. The molecule has 1 fully saturated rings. The Kier molecular flexibility index (Phi) is 3.31. The van der Waals surface area contributed by atoms with Crippen LogP contribution in [0.4, 0.5) is 0 Å². The van der Waals surface area contributed by atoms with E-state index in [4.69, 9.17) is 5.73 Å². The molecule has 2 aromatic carbocycles. The van der Waals surface area contributed by atoms with Gasteiger partial charge in [-0.25, -0.2) is 0 Å². The zero-order chi connectivity index (χ0) is 14.2. The van der Waals surface area contributed by atoms with Crippen LogP contribution >= 0.6 is 0 Å². The van der Waals surface area contributed by atoms with Gasteiger partial charge >= 0.3 is 0 Å². The van der Waals surface area contributed by atoms with Crippen molar-refractivity contribution in [1.29, 1.82) is 0 Å². The first-order valence-corrected chi connectivity index (χ1v) is 8.29. The highest BCUT2D eigenvalue weighted by Gasteiger charge is 2.24.